The Bertz CT molecular complexity index is 1330. The number of hydrogen-bond acceptors (Lipinski definition) is 5. The summed E-state index contributed by atoms with van der Waals surface area (Å²) in [5.74, 6) is 0.574. The van der Waals surface area contributed by atoms with Crippen LogP contribution in [-0.2, 0) is 17.6 Å². The molecule has 0 aliphatic carbocycles. The van der Waals surface area contributed by atoms with E-state index in [0.717, 1.165) is 38.8 Å². The summed E-state index contributed by atoms with van der Waals surface area (Å²) in [7, 11) is 1.62. The second-order valence-corrected chi connectivity index (χ2v) is 7.81. The van der Waals surface area contributed by atoms with Crippen molar-refractivity contribution in [2.24, 2.45) is 0 Å². The average Bonchev–Trinajstić information content (AvgIpc) is 3.13. The Hall–Kier alpha value is -3.54. The van der Waals surface area contributed by atoms with Gasteiger partial charge in [0.15, 0.2) is 0 Å². The van der Waals surface area contributed by atoms with E-state index in [1.807, 2.05) is 51.1 Å². The number of amides is 1. The van der Waals surface area contributed by atoms with E-state index in [2.05, 4.69) is 5.32 Å². The van der Waals surface area contributed by atoms with Crippen molar-refractivity contribution in [3.05, 3.63) is 74.8 Å². The minimum absolute atomic E-state index is 0.0399. The van der Waals surface area contributed by atoms with Crippen molar-refractivity contribution in [2.75, 3.05) is 13.7 Å². The molecule has 4 aromatic rings. The molecule has 6 heteroatoms. The largest absolute Gasteiger partial charge is 0.497 e. The van der Waals surface area contributed by atoms with Crippen LogP contribution in [0.5, 0.6) is 5.75 Å². The number of nitrogens with one attached hydrogen (secondary N) is 1. The van der Waals surface area contributed by atoms with Gasteiger partial charge in [-0.3, -0.25) is 4.79 Å². The van der Waals surface area contributed by atoms with Crippen LogP contribution in [0.1, 0.15) is 27.8 Å². The molecular formula is C25H25NO5. The first-order valence-electron chi connectivity index (χ1n) is 10.2. The number of rotatable bonds is 6. The van der Waals surface area contributed by atoms with Gasteiger partial charge in [-0.05, 0) is 67.6 Å². The van der Waals surface area contributed by atoms with Crippen LogP contribution in [0.2, 0.25) is 0 Å². The number of fused-ring (bicyclic) bond motifs is 3. The fraction of sp³-hybridized carbons (Fsp3) is 0.280. The van der Waals surface area contributed by atoms with Crippen LogP contribution >= 0.6 is 0 Å². The Morgan fingerprint density at radius 3 is 2.52 bits per heavy atom. The quantitative estimate of drug-likeness (QED) is 0.469. The number of furan rings is 1. The monoisotopic (exact) mass is 419 g/mol. The molecule has 2 aromatic carbocycles. The van der Waals surface area contributed by atoms with E-state index in [1.54, 1.807) is 13.4 Å². The highest BCUT2D eigenvalue weighted by molar-refractivity contribution is 6.07. The Morgan fingerprint density at radius 2 is 1.81 bits per heavy atom. The smallest absolute Gasteiger partial charge is 0.340 e. The molecule has 0 aliphatic rings. The summed E-state index contributed by atoms with van der Waals surface area (Å²) in [6.07, 6.45) is 2.35. The van der Waals surface area contributed by atoms with Gasteiger partial charge in [-0.25, -0.2) is 4.79 Å². The van der Waals surface area contributed by atoms with Gasteiger partial charge in [0.1, 0.15) is 16.9 Å². The molecule has 6 nitrogen and oxygen atoms in total. The number of ether oxygens (including phenoxy) is 1. The zero-order valence-corrected chi connectivity index (χ0v) is 18.1. The summed E-state index contributed by atoms with van der Waals surface area (Å²) in [4.78, 5) is 25.1. The summed E-state index contributed by atoms with van der Waals surface area (Å²) >= 11 is 0. The van der Waals surface area contributed by atoms with Gasteiger partial charge in [0, 0.05) is 11.9 Å². The number of methoxy groups -OCH3 is 1. The Balaban J connectivity index is 1.54. The summed E-state index contributed by atoms with van der Waals surface area (Å²) in [6, 6.07) is 9.56. The summed E-state index contributed by atoms with van der Waals surface area (Å²) < 4.78 is 16.5. The normalized spacial score (nSPS) is 11.2. The van der Waals surface area contributed by atoms with Gasteiger partial charge < -0.3 is 18.9 Å². The third-order valence-electron chi connectivity index (χ3n) is 5.70. The lowest BCUT2D eigenvalue weighted by atomic mass is 9.99. The summed E-state index contributed by atoms with van der Waals surface area (Å²) in [6.45, 7) is 6.26. The highest BCUT2D eigenvalue weighted by Gasteiger charge is 2.19. The van der Waals surface area contributed by atoms with E-state index < -0.39 is 5.63 Å². The van der Waals surface area contributed by atoms with Crippen molar-refractivity contribution in [1.29, 1.82) is 0 Å². The van der Waals surface area contributed by atoms with Crippen LogP contribution in [0, 0.1) is 20.8 Å². The first-order valence-corrected chi connectivity index (χ1v) is 10.2. The van der Waals surface area contributed by atoms with E-state index in [1.165, 1.54) is 0 Å². The molecule has 0 saturated carbocycles. The first-order chi connectivity index (χ1) is 14.9. The maximum absolute atomic E-state index is 12.6. The van der Waals surface area contributed by atoms with Crippen LogP contribution in [0.4, 0.5) is 0 Å². The molecule has 31 heavy (non-hydrogen) atoms. The number of benzene rings is 2. The third-order valence-corrected chi connectivity index (χ3v) is 5.70. The lowest BCUT2D eigenvalue weighted by Gasteiger charge is -2.10. The van der Waals surface area contributed by atoms with Gasteiger partial charge in [0.05, 0.1) is 30.7 Å². The molecule has 160 valence electrons. The molecule has 2 aromatic heterocycles. The lowest BCUT2D eigenvalue weighted by molar-refractivity contribution is -0.120. The summed E-state index contributed by atoms with van der Waals surface area (Å²) in [5.41, 5.74) is 4.86. The van der Waals surface area contributed by atoms with Gasteiger partial charge in [-0.1, -0.05) is 12.1 Å². The second-order valence-electron chi connectivity index (χ2n) is 7.81. The van der Waals surface area contributed by atoms with E-state index in [0.29, 0.717) is 29.7 Å². The molecule has 1 N–H and O–H groups in total. The Labute approximate surface area is 179 Å². The predicted molar refractivity (Wildman–Crippen MR) is 120 cm³/mol. The molecule has 0 saturated heterocycles. The zero-order chi connectivity index (χ0) is 22.1. The SMILES string of the molecule is COc1ccc(CCNC(=O)Cc2c(C)c3c(cc(C)c4c(C)coc43)oc2=O)cc1. The van der Waals surface area contributed by atoms with E-state index >= 15 is 0 Å². The summed E-state index contributed by atoms with van der Waals surface area (Å²) in [5, 5.41) is 4.64. The van der Waals surface area contributed by atoms with Gasteiger partial charge in [-0.15, -0.1) is 0 Å². The third kappa shape index (κ3) is 3.93. The van der Waals surface area contributed by atoms with E-state index in [4.69, 9.17) is 13.6 Å². The van der Waals surface area contributed by atoms with Crippen molar-refractivity contribution in [2.45, 2.75) is 33.6 Å². The van der Waals surface area contributed by atoms with Gasteiger partial charge in [-0.2, -0.15) is 0 Å². The predicted octanol–water partition coefficient (Wildman–Crippen LogP) is 4.37. The van der Waals surface area contributed by atoms with Crippen LogP contribution in [0.25, 0.3) is 21.9 Å². The molecule has 0 aliphatic heterocycles. The molecule has 0 atom stereocenters. The molecule has 0 unspecified atom stereocenters. The van der Waals surface area contributed by atoms with Crippen LogP contribution in [-0.4, -0.2) is 19.6 Å². The van der Waals surface area contributed by atoms with Crippen molar-refractivity contribution >= 4 is 27.8 Å². The number of hydrogen-bond donors (Lipinski definition) is 1. The minimum atomic E-state index is -0.489. The van der Waals surface area contributed by atoms with Crippen molar-refractivity contribution < 1.29 is 18.4 Å². The van der Waals surface area contributed by atoms with Crippen molar-refractivity contribution in [1.82, 2.24) is 5.32 Å². The standard InChI is InChI=1S/C25H25NO5/c1-14-11-20-23(24-22(14)15(2)13-30-24)16(3)19(25(28)31-20)12-21(27)26-10-9-17-5-7-18(29-4)8-6-17/h5-8,11,13H,9-10,12H2,1-4H3,(H,26,27). The Morgan fingerprint density at radius 1 is 1.06 bits per heavy atom. The van der Waals surface area contributed by atoms with E-state index in [-0.39, 0.29) is 12.3 Å². The highest BCUT2D eigenvalue weighted by Crippen LogP contribution is 2.34. The minimum Gasteiger partial charge on any atom is -0.497 e. The number of carbonyl (C=O) groups excluding carboxylic acids is 1. The highest BCUT2D eigenvalue weighted by atomic mass is 16.5. The fourth-order valence-corrected chi connectivity index (χ4v) is 4.04. The number of carbonyl (C=O) groups is 1. The average molecular weight is 419 g/mol. The fourth-order valence-electron chi connectivity index (χ4n) is 4.04. The van der Waals surface area contributed by atoms with Crippen LogP contribution in [0.3, 0.4) is 0 Å². The molecule has 0 radical (unpaired) electrons. The first kappa shape index (κ1) is 20.7. The molecular weight excluding hydrogens is 394 g/mol. The molecule has 4 rings (SSSR count). The molecule has 2 heterocycles. The van der Waals surface area contributed by atoms with E-state index in [9.17, 15) is 9.59 Å². The van der Waals surface area contributed by atoms with Crippen molar-refractivity contribution in [3.63, 3.8) is 0 Å². The van der Waals surface area contributed by atoms with Crippen LogP contribution < -0.4 is 15.7 Å². The van der Waals surface area contributed by atoms with Gasteiger partial charge in [0.2, 0.25) is 5.91 Å². The van der Waals surface area contributed by atoms with Crippen LogP contribution in [0.15, 0.2) is 50.2 Å². The maximum Gasteiger partial charge on any atom is 0.340 e. The Kier molecular flexibility index (Phi) is 5.55. The maximum atomic E-state index is 12.6. The molecule has 1 amide bonds. The zero-order valence-electron chi connectivity index (χ0n) is 18.1. The lowest BCUT2D eigenvalue weighted by Crippen LogP contribution is -2.29. The van der Waals surface area contributed by atoms with Gasteiger partial charge >= 0.3 is 5.63 Å². The number of aryl methyl sites for hydroxylation is 3. The molecule has 0 fully saturated rings. The van der Waals surface area contributed by atoms with Gasteiger partial charge in [0.25, 0.3) is 0 Å². The molecule has 0 spiro atoms. The molecule has 0 bridgehead atoms. The topological polar surface area (TPSA) is 81.7 Å². The van der Waals surface area contributed by atoms with Crippen molar-refractivity contribution in [3.8, 4) is 5.75 Å². The second kappa shape index (κ2) is 8.30.